The maximum absolute atomic E-state index is 13.0. The summed E-state index contributed by atoms with van der Waals surface area (Å²) in [6.07, 6.45) is 9.59. The fraction of sp³-hybridized carbons (Fsp3) is 0.476. The van der Waals surface area contributed by atoms with Crippen LogP contribution in [0.2, 0.25) is 0 Å². The van der Waals surface area contributed by atoms with Gasteiger partial charge in [0.15, 0.2) is 0 Å². The minimum absolute atomic E-state index is 0.0694. The minimum atomic E-state index is -0.375. The second-order valence-electron chi connectivity index (χ2n) is 7.67. The number of carbonyl (C=O) groups excluding carboxylic acids is 1. The molecule has 1 amide bonds. The molecule has 0 aliphatic carbocycles. The summed E-state index contributed by atoms with van der Waals surface area (Å²) in [6, 6.07) is 7.05. The number of halogens is 1. The van der Waals surface area contributed by atoms with Crippen LogP contribution < -0.4 is 0 Å². The summed E-state index contributed by atoms with van der Waals surface area (Å²) in [5.41, 5.74) is 1.91. The van der Waals surface area contributed by atoms with Crippen molar-refractivity contribution in [2.24, 2.45) is 0 Å². The molecule has 2 fully saturated rings. The van der Waals surface area contributed by atoms with E-state index in [0.717, 1.165) is 45.4 Å². The summed E-state index contributed by atoms with van der Waals surface area (Å²) < 4.78 is 13.0. The lowest BCUT2D eigenvalue weighted by molar-refractivity contribution is -0.134. The van der Waals surface area contributed by atoms with E-state index in [9.17, 15) is 9.18 Å². The Bertz CT molecular complexity index is 783. The Labute approximate surface area is 159 Å². The van der Waals surface area contributed by atoms with Crippen LogP contribution in [0.15, 0.2) is 42.9 Å². The van der Waals surface area contributed by atoms with Gasteiger partial charge in [0.1, 0.15) is 5.82 Å². The Kier molecular flexibility index (Phi) is 5.16. The number of hydrogen-bond donors (Lipinski definition) is 0. The zero-order valence-corrected chi connectivity index (χ0v) is 15.5. The number of rotatable bonds is 4. The lowest BCUT2D eigenvalue weighted by Gasteiger charge is -2.46. The van der Waals surface area contributed by atoms with Gasteiger partial charge in [-0.25, -0.2) is 4.39 Å². The zero-order chi connectivity index (χ0) is 18.7. The fourth-order valence-electron chi connectivity index (χ4n) is 4.52. The van der Waals surface area contributed by atoms with E-state index in [1.807, 2.05) is 17.2 Å². The van der Waals surface area contributed by atoms with Crippen molar-refractivity contribution in [3.05, 3.63) is 59.9 Å². The van der Waals surface area contributed by atoms with Gasteiger partial charge in [0.05, 0.1) is 12.6 Å². The van der Waals surface area contributed by atoms with Gasteiger partial charge in [0.2, 0.25) is 5.91 Å². The van der Waals surface area contributed by atoms with Crippen molar-refractivity contribution >= 4 is 5.91 Å². The topological polar surface area (TPSA) is 49.3 Å². The monoisotopic (exact) mass is 368 g/mol. The van der Waals surface area contributed by atoms with Gasteiger partial charge in [-0.2, -0.15) is 0 Å². The molecule has 2 aliphatic heterocycles. The van der Waals surface area contributed by atoms with E-state index in [2.05, 4.69) is 20.9 Å². The SMILES string of the molecule is O=C(Cc1ccc(F)cn1)N1CCCC2(CCCN2Cc2cccnc2)C1. The Balaban J connectivity index is 1.44. The van der Waals surface area contributed by atoms with E-state index in [1.54, 1.807) is 12.3 Å². The molecule has 0 aromatic carbocycles. The van der Waals surface area contributed by atoms with Crippen LogP contribution in [0.3, 0.4) is 0 Å². The molecule has 5 nitrogen and oxygen atoms in total. The molecule has 0 saturated carbocycles. The number of hydrogen-bond acceptors (Lipinski definition) is 4. The molecule has 2 aliphatic rings. The van der Waals surface area contributed by atoms with Crippen LogP contribution in [0.5, 0.6) is 0 Å². The van der Waals surface area contributed by atoms with Crippen LogP contribution in [-0.2, 0) is 17.8 Å². The highest BCUT2D eigenvalue weighted by Gasteiger charge is 2.44. The first kappa shape index (κ1) is 18.0. The number of aromatic nitrogens is 2. The van der Waals surface area contributed by atoms with Crippen LogP contribution in [-0.4, -0.2) is 50.8 Å². The summed E-state index contributed by atoms with van der Waals surface area (Å²) in [5.74, 6) is -0.290. The average Bonchev–Trinajstić information content (AvgIpc) is 3.05. The Morgan fingerprint density at radius 3 is 2.74 bits per heavy atom. The van der Waals surface area contributed by atoms with Gasteiger partial charge >= 0.3 is 0 Å². The van der Waals surface area contributed by atoms with Crippen molar-refractivity contribution in [2.75, 3.05) is 19.6 Å². The van der Waals surface area contributed by atoms with Crippen LogP contribution in [0, 0.1) is 5.82 Å². The third-order valence-electron chi connectivity index (χ3n) is 5.87. The van der Waals surface area contributed by atoms with Gasteiger partial charge in [-0.3, -0.25) is 19.7 Å². The fourth-order valence-corrected chi connectivity index (χ4v) is 4.52. The van der Waals surface area contributed by atoms with E-state index >= 15 is 0 Å². The number of amides is 1. The second-order valence-corrected chi connectivity index (χ2v) is 7.67. The molecule has 2 aromatic heterocycles. The normalized spacial score (nSPS) is 23.1. The highest BCUT2D eigenvalue weighted by atomic mass is 19.1. The van der Waals surface area contributed by atoms with Crippen LogP contribution >= 0.6 is 0 Å². The number of piperidine rings is 1. The molecule has 2 saturated heterocycles. The molecule has 4 heterocycles. The molecule has 0 radical (unpaired) electrons. The Morgan fingerprint density at radius 2 is 2.00 bits per heavy atom. The predicted octanol–water partition coefficient (Wildman–Crippen LogP) is 2.82. The molecule has 1 atom stereocenters. The molecular weight excluding hydrogens is 343 g/mol. The highest BCUT2D eigenvalue weighted by Crippen LogP contribution is 2.38. The molecule has 1 spiro atoms. The largest absolute Gasteiger partial charge is 0.341 e. The summed E-state index contributed by atoms with van der Waals surface area (Å²) in [4.78, 5) is 25.6. The minimum Gasteiger partial charge on any atom is -0.341 e. The summed E-state index contributed by atoms with van der Waals surface area (Å²) in [5, 5.41) is 0. The highest BCUT2D eigenvalue weighted by molar-refractivity contribution is 5.78. The summed E-state index contributed by atoms with van der Waals surface area (Å²) in [7, 11) is 0. The molecule has 27 heavy (non-hydrogen) atoms. The Hall–Kier alpha value is -2.34. The van der Waals surface area contributed by atoms with Crippen molar-refractivity contribution in [1.29, 1.82) is 0 Å². The standard InChI is InChI=1S/C21H25FN4O/c22-18-5-6-19(24-14-18)12-20(27)25-10-2-7-21(16-25)8-3-11-26(21)15-17-4-1-9-23-13-17/h1,4-6,9,13-14H,2-3,7-8,10-12,15-16H2. The van der Waals surface area contributed by atoms with Crippen molar-refractivity contribution in [3.63, 3.8) is 0 Å². The molecule has 0 N–H and O–H groups in total. The Morgan fingerprint density at radius 1 is 1.15 bits per heavy atom. The molecular formula is C21H25FN4O. The molecule has 142 valence electrons. The van der Waals surface area contributed by atoms with E-state index in [1.165, 1.54) is 24.2 Å². The smallest absolute Gasteiger partial charge is 0.228 e. The van der Waals surface area contributed by atoms with Gasteiger partial charge < -0.3 is 4.90 Å². The van der Waals surface area contributed by atoms with Crippen molar-refractivity contribution in [2.45, 2.75) is 44.2 Å². The number of likely N-dealkylation sites (tertiary alicyclic amines) is 2. The first-order chi connectivity index (χ1) is 13.1. The van der Waals surface area contributed by atoms with Crippen LogP contribution in [0.1, 0.15) is 36.9 Å². The maximum atomic E-state index is 13.0. The molecule has 2 aromatic rings. The van der Waals surface area contributed by atoms with Gasteiger partial charge in [-0.05, 0) is 56.0 Å². The van der Waals surface area contributed by atoms with Crippen LogP contribution in [0.25, 0.3) is 0 Å². The van der Waals surface area contributed by atoms with E-state index in [0.29, 0.717) is 5.69 Å². The molecule has 0 bridgehead atoms. The lowest BCUT2D eigenvalue weighted by atomic mass is 9.86. The average molecular weight is 368 g/mol. The molecule has 6 heteroatoms. The van der Waals surface area contributed by atoms with Crippen molar-refractivity contribution < 1.29 is 9.18 Å². The summed E-state index contributed by atoms with van der Waals surface area (Å²) in [6.45, 7) is 3.52. The van der Waals surface area contributed by atoms with Gasteiger partial charge in [0.25, 0.3) is 0 Å². The first-order valence-electron chi connectivity index (χ1n) is 9.67. The van der Waals surface area contributed by atoms with Crippen molar-refractivity contribution in [3.8, 4) is 0 Å². The second kappa shape index (κ2) is 7.72. The summed E-state index contributed by atoms with van der Waals surface area (Å²) >= 11 is 0. The molecule has 4 rings (SSSR count). The first-order valence-corrected chi connectivity index (χ1v) is 9.67. The number of nitrogens with zero attached hydrogens (tertiary/aromatic N) is 4. The van der Waals surface area contributed by atoms with Crippen LogP contribution in [0.4, 0.5) is 4.39 Å². The number of carbonyl (C=O) groups is 1. The number of pyridine rings is 2. The quantitative estimate of drug-likeness (QED) is 0.833. The van der Waals surface area contributed by atoms with E-state index < -0.39 is 0 Å². The van der Waals surface area contributed by atoms with Gasteiger partial charge in [0, 0.05) is 43.3 Å². The van der Waals surface area contributed by atoms with Gasteiger partial charge in [-0.1, -0.05) is 6.07 Å². The molecule has 1 unspecified atom stereocenters. The van der Waals surface area contributed by atoms with E-state index in [-0.39, 0.29) is 23.7 Å². The zero-order valence-electron chi connectivity index (χ0n) is 15.5. The third-order valence-corrected chi connectivity index (χ3v) is 5.87. The maximum Gasteiger partial charge on any atom is 0.228 e. The lowest BCUT2D eigenvalue weighted by Crippen LogP contribution is -2.56. The predicted molar refractivity (Wildman–Crippen MR) is 100 cm³/mol. The van der Waals surface area contributed by atoms with Crippen molar-refractivity contribution in [1.82, 2.24) is 19.8 Å². The third kappa shape index (κ3) is 4.00. The van der Waals surface area contributed by atoms with Gasteiger partial charge in [-0.15, -0.1) is 0 Å². The van der Waals surface area contributed by atoms with E-state index in [4.69, 9.17) is 0 Å².